The van der Waals surface area contributed by atoms with Crippen LogP contribution < -0.4 is 5.32 Å². The zero-order chi connectivity index (χ0) is 17.9. The number of hydrogen-bond acceptors (Lipinski definition) is 4. The summed E-state index contributed by atoms with van der Waals surface area (Å²) >= 11 is 3.19. The average Bonchev–Trinajstić information content (AvgIpc) is 2.47. The van der Waals surface area contributed by atoms with Crippen LogP contribution in [0.15, 0.2) is 22.8 Å². The van der Waals surface area contributed by atoms with Crippen LogP contribution in [0.25, 0.3) is 0 Å². The lowest BCUT2D eigenvalue weighted by Crippen LogP contribution is -2.54. The van der Waals surface area contributed by atoms with Crippen LogP contribution in [-0.4, -0.2) is 52.8 Å². The van der Waals surface area contributed by atoms with Gasteiger partial charge in [-0.05, 0) is 55.3 Å². The van der Waals surface area contributed by atoms with Crippen molar-refractivity contribution in [1.29, 1.82) is 0 Å². The first kappa shape index (κ1) is 18.6. The van der Waals surface area contributed by atoms with Crippen LogP contribution in [0, 0.1) is 0 Å². The van der Waals surface area contributed by atoms with Crippen molar-refractivity contribution < 1.29 is 18.7 Å². The number of pyridine rings is 1. The molecule has 1 aliphatic heterocycles. The van der Waals surface area contributed by atoms with Gasteiger partial charge in [0.05, 0.1) is 12.6 Å². The number of aromatic nitrogens is 1. The number of piperidine rings is 1. The fourth-order valence-electron chi connectivity index (χ4n) is 2.34. The number of halogens is 2. The highest BCUT2D eigenvalue weighted by Crippen LogP contribution is 2.18. The molecule has 2 amide bonds. The number of nitrogens with zero attached hydrogens (tertiary/aromatic N) is 2. The van der Waals surface area contributed by atoms with Gasteiger partial charge in [-0.3, -0.25) is 4.79 Å². The average molecular weight is 402 g/mol. The summed E-state index contributed by atoms with van der Waals surface area (Å²) in [5, 5.41) is 2.64. The molecule has 0 aliphatic carbocycles. The molecular formula is C16H21BrFN3O3. The van der Waals surface area contributed by atoms with Crippen LogP contribution in [-0.2, 0) is 4.74 Å². The molecule has 0 aromatic carbocycles. The largest absolute Gasteiger partial charge is 0.444 e. The minimum absolute atomic E-state index is 0.105. The van der Waals surface area contributed by atoms with Gasteiger partial charge in [0, 0.05) is 6.54 Å². The Morgan fingerprint density at radius 1 is 1.42 bits per heavy atom. The third-order valence-corrected chi connectivity index (χ3v) is 3.90. The van der Waals surface area contributed by atoms with Crippen LogP contribution in [0.4, 0.5) is 9.18 Å². The molecule has 1 aliphatic rings. The summed E-state index contributed by atoms with van der Waals surface area (Å²) in [5.41, 5.74) is -0.411. The molecular weight excluding hydrogens is 381 g/mol. The summed E-state index contributed by atoms with van der Waals surface area (Å²) in [6.45, 7) is 5.50. The second kappa shape index (κ2) is 7.46. The van der Waals surface area contributed by atoms with Gasteiger partial charge in [0.1, 0.15) is 22.1 Å². The Kier molecular flexibility index (Phi) is 5.79. The van der Waals surface area contributed by atoms with Crippen molar-refractivity contribution in [2.24, 2.45) is 0 Å². The molecule has 0 saturated carbocycles. The van der Waals surface area contributed by atoms with Gasteiger partial charge in [-0.2, -0.15) is 0 Å². The van der Waals surface area contributed by atoms with Crippen LogP contribution in [0.2, 0.25) is 0 Å². The van der Waals surface area contributed by atoms with E-state index in [0.29, 0.717) is 17.6 Å². The first-order valence-corrected chi connectivity index (χ1v) is 8.50. The predicted octanol–water partition coefficient (Wildman–Crippen LogP) is 2.92. The van der Waals surface area contributed by atoms with Crippen LogP contribution in [0.3, 0.4) is 0 Å². The van der Waals surface area contributed by atoms with Gasteiger partial charge < -0.3 is 15.0 Å². The summed E-state index contributed by atoms with van der Waals surface area (Å²) in [6, 6.07) is 4.29. The maximum absolute atomic E-state index is 14.4. The number of likely N-dealkylation sites (tertiary alicyclic amines) is 1. The van der Waals surface area contributed by atoms with E-state index < -0.39 is 29.8 Å². The number of hydrogen-bond donors (Lipinski definition) is 1. The normalized spacial score (nSPS) is 21.3. The van der Waals surface area contributed by atoms with Gasteiger partial charge in [-0.1, -0.05) is 6.07 Å². The fraction of sp³-hybridized carbons (Fsp3) is 0.562. The molecule has 2 heterocycles. The number of alkyl halides is 1. The number of carbonyl (C=O) groups is 2. The van der Waals surface area contributed by atoms with E-state index in [2.05, 4.69) is 26.2 Å². The molecule has 1 saturated heterocycles. The van der Waals surface area contributed by atoms with E-state index in [1.165, 1.54) is 4.90 Å². The lowest BCUT2D eigenvalue weighted by molar-refractivity contribution is 0.00970. The highest BCUT2D eigenvalue weighted by molar-refractivity contribution is 9.10. The Bertz CT molecular complexity index is 621. The van der Waals surface area contributed by atoms with E-state index >= 15 is 0 Å². The van der Waals surface area contributed by atoms with Gasteiger partial charge >= 0.3 is 6.09 Å². The lowest BCUT2D eigenvalue weighted by atomic mass is 10.0. The van der Waals surface area contributed by atoms with Gasteiger partial charge in [0.15, 0.2) is 0 Å². The summed E-state index contributed by atoms with van der Waals surface area (Å²) in [7, 11) is 0. The second-order valence-electron chi connectivity index (χ2n) is 6.66. The molecule has 0 bridgehead atoms. The molecule has 1 N–H and O–H groups in total. The Balaban J connectivity index is 1.92. The van der Waals surface area contributed by atoms with Crippen molar-refractivity contribution in [1.82, 2.24) is 15.2 Å². The molecule has 1 aromatic heterocycles. The van der Waals surface area contributed by atoms with Crippen molar-refractivity contribution in [3.8, 4) is 0 Å². The van der Waals surface area contributed by atoms with Crippen molar-refractivity contribution >= 4 is 27.9 Å². The Hall–Kier alpha value is -1.70. The highest BCUT2D eigenvalue weighted by atomic mass is 79.9. The number of ether oxygens (including phenoxy) is 1. The third-order valence-electron chi connectivity index (χ3n) is 3.46. The SMILES string of the molecule is CC(C)(C)OC(=O)N1CCC(NC(=O)c2cccc(Br)n2)C(F)C1. The van der Waals surface area contributed by atoms with Crippen molar-refractivity contribution in [3.63, 3.8) is 0 Å². The Morgan fingerprint density at radius 3 is 2.71 bits per heavy atom. The molecule has 8 heteroatoms. The van der Waals surface area contributed by atoms with Crippen LogP contribution >= 0.6 is 15.9 Å². The second-order valence-corrected chi connectivity index (χ2v) is 7.47. The number of amides is 2. The number of nitrogens with one attached hydrogen (secondary N) is 1. The van der Waals surface area contributed by atoms with Gasteiger partial charge in [0.25, 0.3) is 5.91 Å². The first-order chi connectivity index (χ1) is 11.2. The fourth-order valence-corrected chi connectivity index (χ4v) is 2.68. The third kappa shape index (κ3) is 5.15. The molecule has 2 unspecified atom stereocenters. The molecule has 0 spiro atoms. The molecule has 2 atom stereocenters. The molecule has 24 heavy (non-hydrogen) atoms. The van der Waals surface area contributed by atoms with Crippen molar-refractivity contribution in [2.75, 3.05) is 13.1 Å². The molecule has 132 valence electrons. The molecule has 1 aromatic rings. The summed E-state index contributed by atoms with van der Waals surface area (Å²) in [4.78, 5) is 29.5. The molecule has 2 rings (SSSR count). The zero-order valence-electron chi connectivity index (χ0n) is 13.9. The summed E-state index contributed by atoms with van der Waals surface area (Å²) in [5.74, 6) is -0.435. The first-order valence-electron chi connectivity index (χ1n) is 7.71. The topological polar surface area (TPSA) is 71.5 Å². The van der Waals surface area contributed by atoms with E-state index in [1.807, 2.05) is 0 Å². The maximum atomic E-state index is 14.4. The van der Waals surface area contributed by atoms with Crippen molar-refractivity contribution in [2.45, 2.75) is 45.0 Å². The number of rotatable bonds is 2. The molecule has 0 radical (unpaired) electrons. The summed E-state index contributed by atoms with van der Waals surface area (Å²) in [6.07, 6.45) is -1.58. The summed E-state index contributed by atoms with van der Waals surface area (Å²) < 4.78 is 20.1. The van der Waals surface area contributed by atoms with E-state index in [4.69, 9.17) is 4.74 Å². The maximum Gasteiger partial charge on any atom is 0.410 e. The Morgan fingerprint density at radius 2 is 2.12 bits per heavy atom. The number of carbonyl (C=O) groups excluding carboxylic acids is 2. The minimum Gasteiger partial charge on any atom is -0.444 e. The Labute approximate surface area is 148 Å². The lowest BCUT2D eigenvalue weighted by Gasteiger charge is -2.35. The van der Waals surface area contributed by atoms with E-state index in [1.54, 1.807) is 39.0 Å². The minimum atomic E-state index is -1.36. The predicted molar refractivity (Wildman–Crippen MR) is 90.5 cm³/mol. The van der Waals surface area contributed by atoms with Crippen LogP contribution in [0.5, 0.6) is 0 Å². The quantitative estimate of drug-likeness (QED) is 0.773. The molecule has 1 fully saturated rings. The van der Waals surface area contributed by atoms with Gasteiger partial charge in [0.2, 0.25) is 0 Å². The van der Waals surface area contributed by atoms with E-state index in [9.17, 15) is 14.0 Å². The van der Waals surface area contributed by atoms with Gasteiger partial charge in [-0.15, -0.1) is 0 Å². The van der Waals surface area contributed by atoms with E-state index in [-0.39, 0.29) is 12.2 Å². The van der Waals surface area contributed by atoms with Crippen LogP contribution in [0.1, 0.15) is 37.7 Å². The van der Waals surface area contributed by atoms with E-state index in [0.717, 1.165) is 0 Å². The monoisotopic (exact) mass is 401 g/mol. The standard InChI is InChI=1S/C16H21BrFN3O3/c1-16(2,3)24-15(23)21-8-7-11(10(18)9-21)20-14(22)12-5-4-6-13(17)19-12/h4-6,10-11H,7-9H2,1-3H3,(H,20,22). The zero-order valence-corrected chi connectivity index (χ0v) is 15.5. The van der Waals surface area contributed by atoms with Crippen molar-refractivity contribution in [3.05, 3.63) is 28.5 Å². The van der Waals surface area contributed by atoms with Gasteiger partial charge in [-0.25, -0.2) is 14.2 Å². The highest BCUT2D eigenvalue weighted by Gasteiger charge is 2.34. The smallest absolute Gasteiger partial charge is 0.410 e. The molecule has 6 nitrogen and oxygen atoms in total.